The van der Waals surface area contributed by atoms with Gasteiger partial charge < -0.3 is 63.1 Å². The first-order chi connectivity index (χ1) is 37.4. The zero-order valence-electron chi connectivity index (χ0n) is 45.6. The van der Waals surface area contributed by atoms with E-state index in [0.717, 1.165) is 121 Å². The number of hydrogen-bond acceptors (Lipinski definition) is 13. The van der Waals surface area contributed by atoms with E-state index in [2.05, 4.69) is 48.5 Å². The molecular weight excluding hydrogens is 1050 g/mol. The van der Waals surface area contributed by atoms with Crippen molar-refractivity contribution in [3.8, 4) is 91.5 Å². The topological polar surface area (TPSA) is 170 Å². The van der Waals surface area contributed by atoms with E-state index in [1.807, 2.05) is 78.9 Å². The van der Waals surface area contributed by atoms with Gasteiger partial charge in [-0.3, -0.25) is 0 Å². The molecule has 0 N–H and O–H groups in total. The van der Waals surface area contributed by atoms with Gasteiger partial charge >= 0.3 is 19.5 Å². The summed E-state index contributed by atoms with van der Waals surface area (Å²) >= 11 is 0. The summed E-state index contributed by atoms with van der Waals surface area (Å²) in [7, 11) is 0. The van der Waals surface area contributed by atoms with Crippen LogP contribution in [0.15, 0.2) is 78.9 Å². The molecule has 0 atom stereocenters. The van der Waals surface area contributed by atoms with Gasteiger partial charge in [0.2, 0.25) is 0 Å². The molecule has 16 heteroatoms. The van der Waals surface area contributed by atoms with Gasteiger partial charge in [-0.25, -0.2) is 9.97 Å². The average molecular weight is 1100 g/mol. The van der Waals surface area contributed by atoms with Crippen LogP contribution in [-0.4, -0.2) is 47.3 Å². The van der Waals surface area contributed by atoms with E-state index in [4.69, 9.17) is 73.0 Å². The van der Waals surface area contributed by atoms with E-state index < -0.39 is 17.4 Å². The van der Waals surface area contributed by atoms with Crippen molar-refractivity contribution in [2.24, 2.45) is 16.2 Å². The van der Waals surface area contributed by atoms with Crippen LogP contribution in [-0.2, 0) is 19.5 Å². The summed E-state index contributed by atoms with van der Waals surface area (Å²) in [5.41, 5.74) is 6.29. The Hall–Kier alpha value is -7.32. The van der Waals surface area contributed by atoms with Crippen molar-refractivity contribution in [3.63, 3.8) is 0 Å². The van der Waals surface area contributed by atoms with Crippen molar-refractivity contribution in [2.75, 3.05) is 0 Å². The van der Waals surface area contributed by atoms with Gasteiger partial charge in [-0.1, -0.05) is 59.2 Å². The Balaban J connectivity index is 0.00000541. The molecule has 394 valence electrons. The Morgan fingerprint density at radius 3 is 1.01 bits per heavy atom. The van der Waals surface area contributed by atoms with Crippen LogP contribution in [0.4, 0.5) is 0 Å². The molecule has 0 radical (unpaired) electrons. The quantitative estimate of drug-likeness (QED) is 0.150. The summed E-state index contributed by atoms with van der Waals surface area (Å²) in [5.74, 6) is 4.55. The first-order valence-corrected chi connectivity index (χ1v) is 27.7. The molecule has 0 unspecified atom stereocenters. The summed E-state index contributed by atoms with van der Waals surface area (Å²) in [6.45, 7) is 15.9. The minimum atomic E-state index is -0.752. The molecule has 16 rings (SSSR count). The molecule has 0 saturated heterocycles. The average Bonchev–Trinajstić information content (AvgIpc) is 4.38. The molecule has 3 aromatic heterocycles. The number of nitrogens with zero attached hydrogens (tertiary/aromatic N) is 8. The van der Waals surface area contributed by atoms with Crippen molar-refractivity contribution in [1.82, 2.24) is 39.9 Å². The maximum absolute atomic E-state index is 6.82. The van der Waals surface area contributed by atoms with Gasteiger partial charge in [-0.2, -0.15) is 0 Å². The minimum absolute atomic E-state index is 0. The van der Waals surface area contributed by atoms with Crippen molar-refractivity contribution in [3.05, 3.63) is 84.4 Å². The summed E-state index contributed by atoms with van der Waals surface area (Å²) in [6.07, 6.45) is 10.5. The van der Waals surface area contributed by atoms with Crippen LogP contribution in [0.25, 0.3) is 89.7 Å². The molecule has 3 aliphatic carbocycles. The second-order valence-electron chi connectivity index (χ2n) is 25.5. The molecule has 8 aromatic rings. The summed E-state index contributed by atoms with van der Waals surface area (Å²) in [4.78, 5) is 42.3. The van der Waals surface area contributed by atoms with Crippen LogP contribution in [0.5, 0.6) is 46.0 Å². The number of hydrogen-bond donors (Lipinski definition) is 0. The number of ether oxygens (including phenoxy) is 7. The van der Waals surface area contributed by atoms with Gasteiger partial charge in [0.05, 0.1) is 23.3 Å². The standard InChI is InChI=1S/C63H58N8O7.Zn/c1-33-8-10-34(11-9-33)72-35-12-13-36-37(26-35)51-64-50(36)65-52-38-27-44-45(74-61(73-44)20-14-58(2,3)15-21-61)28-39(38)54(67-52)69-56-42-31-48-49(78-63(77-48)24-18-60(6,7)19-25-63)32-43(42)57(71-56)70-55-41-30-47-46(29-40(41)53(66-51)68-55)75-62(76-47)22-16-59(4,5)17-23-62;/h8-13,26-32H,14-25H2,1-7H3;/q-2;+2. The Labute approximate surface area is 469 Å². The van der Waals surface area contributed by atoms with Crippen molar-refractivity contribution in [2.45, 2.75) is 143 Å². The predicted octanol–water partition coefficient (Wildman–Crippen LogP) is 14.4. The first-order valence-electron chi connectivity index (χ1n) is 27.7. The fourth-order valence-corrected chi connectivity index (χ4v) is 12.7. The Morgan fingerprint density at radius 2 is 0.658 bits per heavy atom. The third-order valence-corrected chi connectivity index (χ3v) is 18.0. The maximum Gasteiger partial charge on any atom is 2.00 e. The largest absolute Gasteiger partial charge is 2.00 e. The number of aryl methyl sites for hydroxylation is 1. The van der Waals surface area contributed by atoms with Crippen LogP contribution >= 0.6 is 0 Å². The zero-order valence-corrected chi connectivity index (χ0v) is 48.6. The fraction of sp³-hybridized carbons (Fsp3) is 0.397. The van der Waals surface area contributed by atoms with Crippen molar-refractivity contribution < 1.29 is 52.6 Å². The van der Waals surface area contributed by atoms with Gasteiger partial charge in [0, 0.05) is 83.4 Å². The molecule has 5 aromatic carbocycles. The van der Waals surface area contributed by atoms with Crippen molar-refractivity contribution >= 4 is 44.1 Å². The third-order valence-electron chi connectivity index (χ3n) is 18.0. The van der Waals surface area contributed by atoms with Gasteiger partial charge in [-0.15, -0.1) is 0 Å². The molecular formula is C63H58N8O7Zn. The summed E-state index contributed by atoms with van der Waals surface area (Å²) < 4.78 is 47.3. The number of aromatic nitrogens is 8. The Morgan fingerprint density at radius 1 is 0.354 bits per heavy atom. The Kier molecular flexibility index (Phi) is 10.3. The summed E-state index contributed by atoms with van der Waals surface area (Å²) in [5, 5.41) is 2.90. The molecule has 0 amide bonds. The SMILES string of the molecule is Cc1ccc(Oc2ccc3c(c2)-c2nc-3nc3[n-]c(nc4nc(nc5[n-]c(n2)c2cc6c(cc52)OC2(CCC(C)(C)CC2)O6)-c2cc5c(cc2-4)OC2(CCC(C)(C)CC2)O5)c2cc4c(cc32)OC2(CCC(C)(C)CC2)O4)cc1.[Zn+2]. The second-order valence-corrected chi connectivity index (χ2v) is 25.5. The van der Waals surface area contributed by atoms with E-state index in [-0.39, 0.29) is 35.7 Å². The van der Waals surface area contributed by atoms with E-state index in [1.165, 1.54) is 0 Å². The zero-order chi connectivity index (χ0) is 52.7. The van der Waals surface area contributed by atoms with Crippen LogP contribution in [0.3, 0.4) is 0 Å². The van der Waals surface area contributed by atoms with Gasteiger partial charge in [0.15, 0.2) is 34.5 Å². The van der Waals surface area contributed by atoms with Gasteiger partial charge in [-0.05, 0) is 150 Å². The maximum atomic E-state index is 6.82. The molecule has 3 fully saturated rings. The molecule has 3 saturated carbocycles. The smallest absolute Gasteiger partial charge is 0.457 e. The predicted molar refractivity (Wildman–Crippen MR) is 294 cm³/mol. The molecule has 8 aliphatic rings. The van der Waals surface area contributed by atoms with Crippen LogP contribution in [0.1, 0.15) is 124 Å². The first kappa shape index (κ1) is 48.8. The van der Waals surface area contributed by atoms with E-state index in [0.29, 0.717) is 97.4 Å². The molecule has 79 heavy (non-hydrogen) atoms. The summed E-state index contributed by atoms with van der Waals surface area (Å²) in [6, 6.07) is 25.8. The number of rotatable bonds is 2. The van der Waals surface area contributed by atoms with Crippen LogP contribution in [0.2, 0.25) is 0 Å². The molecule has 3 spiro atoms. The van der Waals surface area contributed by atoms with E-state index in [1.54, 1.807) is 0 Å². The van der Waals surface area contributed by atoms with Gasteiger partial charge in [0.25, 0.3) is 17.4 Å². The molecule has 5 aliphatic heterocycles. The van der Waals surface area contributed by atoms with E-state index >= 15 is 0 Å². The molecule has 15 nitrogen and oxygen atoms in total. The number of fused-ring (bicyclic) bond motifs is 23. The fourth-order valence-electron chi connectivity index (χ4n) is 12.7. The monoisotopic (exact) mass is 1100 g/mol. The normalized spacial score (nSPS) is 20.3. The Bertz CT molecular complexity index is 4100. The van der Waals surface area contributed by atoms with E-state index in [9.17, 15) is 0 Å². The third kappa shape index (κ3) is 8.04. The van der Waals surface area contributed by atoms with Crippen LogP contribution < -0.4 is 43.1 Å². The number of benzene rings is 5. The molecule has 8 heterocycles. The van der Waals surface area contributed by atoms with Crippen LogP contribution in [0, 0.1) is 23.2 Å². The van der Waals surface area contributed by atoms with Crippen molar-refractivity contribution in [1.29, 1.82) is 0 Å². The second kappa shape index (κ2) is 16.6. The minimum Gasteiger partial charge on any atom is -0.457 e. The molecule has 8 bridgehead atoms. The van der Waals surface area contributed by atoms with Gasteiger partial charge in [0.1, 0.15) is 11.5 Å².